The summed E-state index contributed by atoms with van der Waals surface area (Å²) in [5, 5.41) is 0. The second kappa shape index (κ2) is 4.85. The lowest BCUT2D eigenvalue weighted by Gasteiger charge is -2.32. The Morgan fingerprint density at radius 2 is 2.00 bits per heavy atom. The molecule has 0 aromatic rings. The molecule has 1 saturated carbocycles. The molecule has 0 unspecified atom stereocenters. The van der Waals surface area contributed by atoms with E-state index in [1.807, 2.05) is 4.90 Å². The second-order valence-corrected chi connectivity index (χ2v) is 4.23. The zero-order chi connectivity index (χ0) is 9.84. The van der Waals surface area contributed by atoms with Crippen LogP contribution in [0.2, 0.25) is 0 Å². The van der Waals surface area contributed by atoms with Crippen LogP contribution in [0.25, 0.3) is 0 Å². The predicted molar refractivity (Wildman–Crippen MR) is 55.0 cm³/mol. The highest BCUT2D eigenvalue weighted by Crippen LogP contribution is 2.25. The number of carbonyl (C=O) groups excluding carboxylic acids is 1. The Kier molecular flexibility index (Phi) is 4.04. The molecule has 0 aromatic heterocycles. The highest BCUT2D eigenvalue weighted by molar-refractivity contribution is 6.27. The van der Waals surface area contributed by atoms with Gasteiger partial charge in [-0.15, -0.1) is 11.6 Å². The van der Waals surface area contributed by atoms with Crippen molar-refractivity contribution in [3.8, 4) is 0 Å². The van der Waals surface area contributed by atoms with Crippen molar-refractivity contribution in [3.63, 3.8) is 0 Å². The zero-order valence-electron chi connectivity index (χ0n) is 8.42. The minimum Gasteiger partial charge on any atom is -0.336 e. The van der Waals surface area contributed by atoms with Crippen LogP contribution in [0.1, 0.15) is 39.5 Å². The van der Waals surface area contributed by atoms with Crippen LogP contribution in [-0.2, 0) is 4.79 Å². The lowest BCUT2D eigenvalue weighted by molar-refractivity contribution is -0.132. The van der Waals surface area contributed by atoms with Crippen molar-refractivity contribution in [1.29, 1.82) is 0 Å². The van der Waals surface area contributed by atoms with Gasteiger partial charge >= 0.3 is 0 Å². The van der Waals surface area contributed by atoms with Gasteiger partial charge in [0, 0.05) is 12.1 Å². The van der Waals surface area contributed by atoms with Gasteiger partial charge in [-0.3, -0.25) is 4.79 Å². The van der Waals surface area contributed by atoms with Crippen molar-refractivity contribution in [3.05, 3.63) is 0 Å². The van der Waals surface area contributed by atoms with Crippen LogP contribution in [0.4, 0.5) is 0 Å². The van der Waals surface area contributed by atoms with Crippen LogP contribution in [0.15, 0.2) is 0 Å². The van der Waals surface area contributed by atoms with Gasteiger partial charge in [0.2, 0.25) is 5.91 Å². The number of nitrogens with zero attached hydrogens (tertiary/aromatic N) is 1. The Morgan fingerprint density at radius 3 is 2.38 bits per heavy atom. The van der Waals surface area contributed by atoms with Crippen LogP contribution < -0.4 is 0 Å². The van der Waals surface area contributed by atoms with Crippen LogP contribution in [0.5, 0.6) is 0 Å². The Labute approximate surface area is 85.2 Å². The summed E-state index contributed by atoms with van der Waals surface area (Å²) in [7, 11) is 0. The maximum atomic E-state index is 11.5. The summed E-state index contributed by atoms with van der Waals surface area (Å²) in [4.78, 5) is 13.5. The molecular weight excluding hydrogens is 186 g/mol. The van der Waals surface area contributed by atoms with E-state index in [1.54, 1.807) is 0 Å². The number of carbonyl (C=O) groups is 1. The summed E-state index contributed by atoms with van der Waals surface area (Å²) in [6.07, 6.45) is 4.81. The summed E-state index contributed by atoms with van der Waals surface area (Å²) >= 11 is 5.58. The molecule has 0 spiro atoms. The average molecular weight is 204 g/mol. The fraction of sp³-hybridized carbons (Fsp3) is 0.900. The maximum absolute atomic E-state index is 11.5. The van der Waals surface area contributed by atoms with Crippen LogP contribution in [-0.4, -0.2) is 28.8 Å². The number of hydrogen-bond acceptors (Lipinski definition) is 1. The fourth-order valence-electron chi connectivity index (χ4n) is 2.16. The predicted octanol–water partition coefficient (Wildman–Crippen LogP) is 2.40. The standard InChI is InChI=1S/C10H18ClNO/c1-8(2)12(10(13)7-11)9-5-3-4-6-9/h8-9H,3-7H2,1-2H3. The number of alkyl halides is 1. The van der Waals surface area contributed by atoms with Gasteiger partial charge in [0.1, 0.15) is 5.88 Å². The number of amides is 1. The van der Waals surface area contributed by atoms with Crippen LogP contribution >= 0.6 is 11.6 Å². The molecule has 0 aromatic carbocycles. The molecule has 1 aliphatic carbocycles. The molecule has 76 valence electrons. The van der Waals surface area contributed by atoms with E-state index in [-0.39, 0.29) is 17.8 Å². The van der Waals surface area contributed by atoms with Crippen molar-refractivity contribution in [2.24, 2.45) is 0 Å². The number of halogens is 1. The lowest BCUT2D eigenvalue weighted by atomic mass is 10.1. The van der Waals surface area contributed by atoms with E-state index in [0.717, 1.165) is 12.8 Å². The third-order valence-corrected chi connectivity index (χ3v) is 2.91. The van der Waals surface area contributed by atoms with Gasteiger partial charge in [-0.25, -0.2) is 0 Å². The molecule has 1 fully saturated rings. The van der Waals surface area contributed by atoms with E-state index in [9.17, 15) is 4.79 Å². The van der Waals surface area contributed by atoms with Crippen molar-refractivity contribution in [1.82, 2.24) is 4.90 Å². The summed E-state index contributed by atoms with van der Waals surface area (Å²) < 4.78 is 0. The van der Waals surface area contributed by atoms with Crippen LogP contribution in [0.3, 0.4) is 0 Å². The molecule has 1 rings (SSSR count). The summed E-state index contributed by atoms with van der Waals surface area (Å²) in [5.41, 5.74) is 0. The molecule has 0 N–H and O–H groups in total. The van der Waals surface area contributed by atoms with Gasteiger partial charge in [-0.2, -0.15) is 0 Å². The van der Waals surface area contributed by atoms with Gasteiger partial charge < -0.3 is 4.90 Å². The number of hydrogen-bond donors (Lipinski definition) is 0. The molecule has 1 aliphatic rings. The van der Waals surface area contributed by atoms with E-state index >= 15 is 0 Å². The first-order valence-corrected chi connectivity index (χ1v) is 5.57. The topological polar surface area (TPSA) is 20.3 Å². The van der Waals surface area contributed by atoms with Crippen molar-refractivity contribution in [2.75, 3.05) is 5.88 Å². The molecule has 2 nitrogen and oxygen atoms in total. The smallest absolute Gasteiger partial charge is 0.237 e. The quantitative estimate of drug-likeness (QED) is 0.646. The minimum atomic E-state index is 0.0866. The Morgan fingerprint density at radius 1 is 1.46 bits per heavy atom. The van der Waals surface area contributed by atoms with Gasteiger partial charge in [-0.1, -0.05) is 12.8 Å². The molecule has 3 heteroatoms. The van der Waals surface area contributed by atoms with Gasteiger partial charge in [0.25, 0.3) is 0 Å². The summed E-state index contributed by atoms with van der Waals surface area (Å²) in [6.45, 7) is 4.12. The van der Waals surface area contributed by atoms with Crippen molar-refractivity contribution >= 4 is 17.5 Å². The Bertz CT molecular complexity index is 176. The van der Waals surface area contributed by atoms with Gasteiger partial charge in [0.05, 0.1) is 0 Å². The first kappa shape index (κ1) is 10.8. The SMILES string of the molecule is CC(C)N(C(=O)CCl)C1CCCC1. The molecule has 1 amide bonds. The molecule has 0 saturated heterocycles. The van der Waals surface area contributed by atoms with Crippen molar-refractivity contribution < 1.29 is 4.79 Å². The molecule has 0 radical (unpaired) electrons. The maximum Gasteiger partial charge on any atom is 0.237 e. The van der Waals surface area contributed by atoms with Gasteiger partial charge in [-0.05, 0) is 26.7 Å². The summed E-state index contributed by atoms with van der Waals surface area (Å²) in [5.74, 6) is 0.206. The third kappa shape index (κ3) is 2.60. The molecule has 0 atom stereocenters. The monoisotopic (exact) mass is 203 g/mol. The lowest BCUT2D eigenvalue weighted by Crippen LogP contribution is -2.44. The van der Waals surface area contributed by atoms with Crippen molar-refractivity contribution in [2.45, 2.75) is 51.6 Å². The van der Waals surface area contributed by atoms with Gasteiger partial charge in [0.15, 0.2) is 0 Å². The van der Waals surface area contributed by atoms with E-state index < -0.39 is 0 Å². The Hall–Kier alpha value is -0.240. The molecular formula is C10H18ClNO. The Balaban J connectivity index is 2.60. The number of rotatable bonds is 3. The summed E-state index contributed by atoms with van der Waals surface area (Å²) in [6, 6.07) is 0.737. The molecule has 13 heavy (non-hydrogen) atoms. The molecule has 0 aliphatic heterocycles. The second-order valence-electron chi connectivity index (χ2n) is 3.97. The minimum absolute atomic E-state index is 0.0866. The zero-order valence-corrected chi connectivity index (χ0v) is 9.18. The van der Waals surface area contributed by atoms with E-state index in [0.29, 0.717) is 6.04 Å². The highest BCUT2D eigenvalue weighted by Gasteiger charge is 2.27. The molecule has 0 heterocycles. The average Bonchev–Trinajstić information content (AvgIpc) is 2.56. The normalized spacial score (nSPS) is 18.2. The van der Waals surface area contributed by atoms with E-state index in [2.05, 4.69) is 13.8 Å². The first-order valence-electron chi connectivity index (χ1n) is 5.04. The van der Waals surface area contributed by atoms with E-state index in [4.69, 9.17) is 11.6 Å². The first-order chi connectivity index (χ1) is 6.16. The largest absolute Gasteiger partial charge is 0.336 e. The third-order valence-electron chi connectivity index (χ3n) is 2.68. The van der Waals surface area contributed by atoms with Crippen LogP contribution in [0, 0.1) is 0 Å². The van der Waals surface area contributed by atoms with E-state index in [1.165, 1.54) is 12.8 Å². The fourth-order valence-corrected chi connectivity index (χ4v) is 2.30. The highest BCUT2D eigenvalue weighted by atomic mass is 35.5. The molecule has 0 bridgehead atoms.